The molecule has 27 heavy (non-hydrogen) atoms. The van der Waals surface area contributed by atoms with E-state index in [9.17, 15) is 14.7 Å². The van der Waals surface area contributed by atoms with Gasteiger partial charge in [0.2, 0.25) is 0 Å². The molecule has 0 aromatic heterocycles. The van der Waals surface area contributed by atoms with Crippen LogP contribution in [0.3, 0.4) is 0 Å². The molecular formula is C22H23NO4. The molecule has 1 aliphatic heterocycles. The summed E-state index contributed by atoms with van der Waals surface area (Å²) in [5, 5.41) is 9.53. The predicted molar refractivity (Wildman–Crippen MR) is 102 cm³/mol. The minimum atomic E-state index is -0.996. The monoisotopic (exact) mass is 365 g/mol. The standard InChI is InChI=1S/C22H23NO4/c24-20(23-13-14-27-22(15-23)11-5-6-12-22)18-9-3-1-7-16(18)17-8-2-4-10-19(17)21(25)26/h1-4,7-10H,5-6,11-15H2,(H,25,26). The molecule has 1 heterocycles. The summed E-state index contributed by atoms with van der Waals surface area (Å²) in [6, 6.07) is 14.1. The number of carbonyl (C=O) groups is 2. The number of aromatic carboxylic acids is 1. The molecule has 2 fully saturated rings. The zero-order chi connectivity index (χ0) is 18.9. The molecule has 2 aliphatic rings. The van der Waals surface area contributed by atoms with Gasteiger partial charge in [-0.1, -0.05) is 49.2 Å². The van der Waals surface area contributed by atoms with Gasteiger partial charge in [0.1, 0.15) is 0 Å². The van der Waals surface area contributed by atoms with Crippen molar-refractivity contribution in [3.63, 3.8) is 0 Å². The predicted octanol–water partition coefficient (Wildman–Crippen LogP) is 3.84. The summed E-state index contributed by atoms with van der Waals surface area (Å²) in [5.41, 5.74) is 1.78. The zero-order valence-corrected chi connectivity index (χ0v) is 15.2. The van der Waals surface area contributed by atoms with E-state index in [0.29, 0.717) is 36.4 Å². The average Bonchev–Trinajstić information content (AvgIpc) is 3.14. The number of rotatable bonds is 3. The number of nitrogens with zero attached hydrogens (tertiary/aromatic N) is 1. The number of ether oxygens (including phenoxy) is 1. The van der Waals surface area contributed by atoms with Crippen LogP contribution in [0.15, 0.2) is 48.5 Å². The van der Waals surface area contributed by atoms with Crippen molar-refractivity contribution in [2.75, 3.05) is 19.7 Å². The fourth-order valence-electron chi connectivity index (χ4n) is 4.32. The molecule has 1 amide bonds. The lowest BCUT2D eigenvalue weighted by Crippen LogP contribution is -2.52. The summed E-state index contributed by atoms with van der Waals surface area (Å²) in [6.45, 7) is 1.73. The first-order valence-corrected chi connectivity index (χ1v) is 9.45. The number of carbonyl (C=O) groups excluding carboxylic acids is 1. The van der Waals surface area contributed by atoms with Crippen molar-refractivity contribution in [2.24, 2.45) is 0 Å². The maximum absolute atomic E-state index is 13.3. The highest BCUT2D eigenvalue weighted by atomic mass is 16.5. The summed E-state index contributed by atoms with van der Waals surface area (Å²) in [4.78, 5) is 26.8. The Morgan fingerprint density at radius 2 is 1.52 bits per heavy atom. The molecule has 5 heteroatoms. The molecule has 5 nitrogen and oxygen atoms in total. The number of carboxylic acid groups (broad SMARTS) is 1. The largest absolute Gasteiger partial charge is 0.478 e. The Labute approximate surface area is 158 Å². The highest BCUT2D eigenvalue weighted by Gasteiger charge is 2.41. The SMILES string of the molecule is O=C(O)c1ccccc1-c1ccccc1C(=O)N1CCOC2(CCCC2)C1. The Hall–Kier alpha value is -2.66. The van der Waals surface area contributed by atoms with Crippen LogP contribution < -0.4 is 0 Å². The number of amides is 1. The lowest BCUT2D eigenvalue weighted by molar-refractivity contribution is -0.0948. The third-order valence-electron chi connectivity index (χ3n) is 5.66. The minimum Gasteiger partial charge on any atom is -0.478 e. The third kappa shape index (κ3) is 3.35. The molecule has 1 aliphatic carbocycles. The molecule has 0 bridgehead atoms. The lowest BCUT2D eigenvalue weighted by Gasteiger charge is -2.40. The van der Waals surface area contributed by atoms with E-state index >= 15 is 0 Å². The Kier molecular flexibility index (Phi) is 4.70. The fraction of sp³-hybridized carbons (Fsp3) is 0.364. The topological polar surface area (TPSA) is 66.8 Å². The van der Waals surface area contributed by atoms with Crippen molar-refractivity contribution in [3.8, 4) is 11.1 Å². The van der Waals surface area contributed by atoms with E-state index < -0.39 is 5.97 Å². The quantitative estimate of drug-likeness (QED) is 0.897. The zero-order valence-electron chi connectivity index (χ0n) is 15.2. The van der Waals surface area contributed by atoms with Gasteiger partial charge in [-0.2, -0.15) is 0 Å². The van der Waals surface area contributed by atoms with Crippen molar-refractivity contribution < 1.29 is 19.4 Å². The number of benzene rings is 2. The molecule has 0 unspecified atom stereocenters. The minimum absolute atomic E-state index is 0.0552. The summed E-state index contributed by atoms with van der Waals surface area (Å²) >= 11 is 0. The molecule has 0 atom stereocenters. The van der Waals surface area contributed by atoms with Crippen LogP contribution in [0.2, 0.25) is 0 Å². The third-order valence-corrected chi connectivity index (χ3v) is 5.66. The van der Waals surface area contributed by atoms with Crippen LogP contribution in [0, 0.1) is 0 Å². The normalized spacial score (nSPS) is 18.6. The average molecular weight is 365 g/mol. The van der Waals surface area contributed by atoms with Gasteiger partial charge in [-0.25, -0.2) is 4.79 Å². The van der Waals surface area contributed by atoms with E-state index in [1.807, 2.05) is 23.1 Å². The van der Waals surface area contributed by atoms with E-state index in [0.717, 1.165) is 25.7 Å². The summed E-state index contributed by atoms with van der Waals surface area (Å²) in [6.07, 6.45) is 4.29. The molecule has 0 radical (unpaired) electrons. The summed E-state index contributed by atoms with van der Waals surface area (Å²) in [5.74, 6) is -1.05. The van der Waals surface area contributed by atoms with Crippen LogP contribution in [0.25, 0.3) is 11.1 Å². The number of morpholine rings is 1. The van der Waals surface area contributed by atoms with Crippen LogP contribution in [0.4, 0.5) is 0 Å². The van der Waals surface area contributed by atoms with E-state index in [-0.39, 0.29) is 17.1 Å². The second-order valence-electron chi connectivity index (χ2n) is 7.36. The Morgan fingerprint density at radius 3 is 2.19 bits per heavy atom. The molecule has 1 spiro atoms. The van der Waals surface area contributed by atoms with Gasteiger partial charge in [0.05, 0.1) is 24.3 Å². The van der Waals surface area contributed by atoms with Crippen LogP contribution in [-0.2, 0) is 4.74 Å². The van der Waals surface area contributed by atoms with Crippen LogP contribution >= 0.6 is 0 Å². The molecular weight excluding hydrogens is 342 g/mol. The summed E-state index contributed by atoms with van der Waals surface area (Å²) in [7, 11) is 0. The second-order valence-corrected chi connectivity index (χ2v) is 7.36. The van der Waals surface area contributed by atoms with Crippen molar-refractivity contribution in [1.29, 1.82) is 0 Å². The van der Waals surface area contributed by atoms with Gasteiger partial charge in [0.25, 0.3) is 5.91 Å². The van der Waals surface area contributed by atoms with E-state index in [1.165, 1.54) is 0 Å². The fourth-order valence-corrected chi connectivity index (χ4v) is 4.32. The Balaban J connectivity index is 1.69. The van der Waals surface area contributed by atoms with Crippen LogP contribution in [0.5, 0.6) is 0 Å². The van der Waals surface area contributed by atoms with Gasteiger partial charge in [-0.3, -0.25) is 4.79 Å². The first kappa shape index (κ1) is 17.7. The highest BCUT2D eigenvalue weighted by molar-refractivity contribution is 6.04. The van der Waals surface area contributed by atoms with Gasteiger partial charge in [0, 0.05) is 12.1 Å². The molecule has 2 aromatic rings. The van der Waals surface area contributed by atoms with Crippen LogP contribution in [0.1, 0.15) is 46.4 Å². The number of carboxylic acids is 1. The lowest BCUT2D eigenvalue weighted by atomic mass is 9.93. The first-order valence-electron chi connectivity index (χ1n) is 9.45. The number of hydrogen-bond donors (Lipinski definition) is 1. The number of hydrogen-bond acceptors (Lipinski definition) is 3. The van der Waals surface area contributed by atoms with Crippen molar-refractivity contribution in [3.05, 3.63) is 59.7 Å². The summed E-state index contributed by atoms with van der Waals surface area (Å²) < 4.78 is 6.04. The van der Waals surface area contributed by atoms with E-state index in [2.05, 4.69) is 0 Å². The molecule has 1 N–H and O–H groups in total. The smallest absolute Gasteiger partial charge is 0.336 e. The van der Waals surface area contributed by atoms with Crippen molar-refractivity contribution in [1.82, 2.24) is 4.90 Å². The second kappa shape index (κ2) is 7.16. The van der Waals surface area contributed by atoms with E-state index in [1.54, 1.807) is 30.3 Å². The molecule has 140 valence electrons. The van der Waals surface area contributed by atoms with Crippen molar-refractivity contribution >= 4 is 11.9 Å². The Bertz CT molecular complexity index is 870. The molecule has 1 saturated heterocycles. The Morgan fingerprint density at radius 1 is 0.926 bits per heavy atom. The maximum atomic E-state index is 13.3. The molecule has 4 rings (SSSR count). The van der Waals surface area contributed by atoms with Gasteiger partial charge >= 0.3 is 5.97 Å². The molecule has 2 aromatic carbocycles. The van der Waals surface area contributed by atoms with Crippen molar-refractivity contribution in [2.45, 2.75) is 31.3 Å². The van der Waals surface area contributed by atoms with Gasteiger partial charge < -0.3 is 14.7 Å². The van der Waals surface area contributed by atoms with Gasteiger partial charge in [-0.15, -0.1) is 0 Å². The van der Waals surface area contributed by atoms with Gasteiger partial charge in [0.15, 0.2) is 0 Å². The van der Waals surface area contributed by atoms with E-state index in [4.69, 9.17) is 4.74 Å². The maximum Gasteiger partial charge on any atom is 0.336 e. The van der Waals surface area contributed by atoms with Gasteiger partial charge in [-0.05, 0) is 36.1 Å². The molecule has 1 saturated carbocycles. The van der Waals surface area contributed by atoms with Crippen LogP contribution in [-0.4, -0.2) is 47.2 Å². The first-order chi connectivity index (χ1) is 13.1. The highest BCUT2D eigenvalue weighted by Crippen LogP contribution is 2.37.